The Bertz CT molecular complexity index is 2310. The Kier molecular flexibility index (Phi) is 13.1. The Balaban J connectivity index is 1.31. The fourth-order valence-corrected chi connectivity index (χ4v) is 5.60. The largest absolute Gasteiger partial charge is 0.490 e. The predicted molar refractivity (Wildman–Crippen MR) is 208 cm³/mol. The first kappa shape index (κ1) is 38.2. The van der Waals surface area contributed by atoms with Crippen LogP contribution in [-0.4, -0.2) is 51.4 Å². The predicted octanol–water partition coefficient (Wildman–Crippen LogP) is 7.93. The molecule has 0 saturated heterocycles. The lowest BCUT2D eigenvalue weighted by Crippen LogP contribution is -2.10. The molecule has 0 atom stereocenters. The standard InChI is InChI=1S/C46H38O8/c1-6-43(47)53-24-22-51-40-18-11-33(12-19-40)8-9-35-26-31(3)45(32(4)27-35)38-17-16-36-28-37(42(46(49)50-5)30-39(36)29-38)15-10-34-13-20-41(21-14-34)52-23-25-54-44(48)7-2/h6-7,11-14,16-21,26-30H,1-2,22-25H2,3-5H3. The van der Waals surface area contributed by atoms with Gasteiger partial charge in [-0.15, -0.1) is 0 Å². The van der Waals surface area contributed by atoms with Gasteiger partial charge in [-0.3, -0.25) is 0 Å². The van der Waals surface area contributed by atoms with Gasteiger partial charge in [-0.1, -0.05) is 49.0 Å². The first-order valence-corrected chi connectivity index (χ1v) is 17.0. The van der Waals surface area contributed by atoms with Crippen molar-refractivity contribution in [3.8, 4) is 46.3 Å². The highest BCUT2D eigenvalue weighted by Crippen LogP contribution is 2.32. The number of esters is 3. The van der Waals surface area contributed by atoms with Gasteiger partial charge in [-0.25, -0.2) is 14.4 Å². The molecule has 0 unspecified atom stereocenters. The molecule has 0 spiro atoms. The van der Waals surface area contributed by atoms with E-state index in [2.05, 4.69) is 75.0 Å². The number of ether oxygens (including phenoxy) is 5. The second-order valence-corrected chi connectivity index (χ2v) is 11.9. The summed E-state index contributed by atoms with van der Waals surface area (Å²) in [5.41, 5.74) is 7.64. The van der Waals surface area contributed by atoms with Crippen molar-refractivity contribution >= 4 is 28.7 Å². The summed E-state index contributed by atoms with van der Waals surface area (Å²) >= 11 is 0. The molecule has 0 bridgehead atoms. The van der Waals surface area contributed by atoms with Gasteiger partial charge in [0.2, 0.25) is 0 Å². The maximum atomic E-state index is 12.9. The molecule has 5 aromatic rings. The summed E-state index contributed by atoms with van der Waals surface area (Å²) in [7, 11) is 1.35. The van der Waals surface area contributed by atoms with Crippen LogP contribution in [0.3, 0.4) is 0 Å². The van der Waals surface area contributed by atoms with Crippen molar-refractivity contribution in [1.29, 1.82) is 0 Å². The highest BCUT2D eigenvalue weighted by Gasteiger charge is 2.14. The summed E-state index contributed by atoms with van der Waals surface area (Å²) in [5.74, 6) is 12.6. The van der Waals surface area contributed by atoms with Crippen molar-refractivity contribution in [3.63, 3.8) is 0 Å². The minimum absolute atomic E-state index is 0.114. The van der Waals surface area contributed by atoms with E-state index < -0.39 is 17.9 Å². The average Bonchev–Trinajstić information content (AvgIpc) is 3.19. The summed E-state index contributed by atoms with van der Waals surface area (Å²) in [5, 5.41) is 1.81. The molecule has 0 amide bonds. The number of hydrogen-bond acceptors (Lipinski definition) is 8. The van der Waals surface area contributed by atoms with E-state index in [1.807, 2.05) is 54.6 Å². The first-order valence-electron chi connectivity index (χ1n) is 17.0. The topological polar surface area (TPSA) is 97.4 Å². The van der Waals surface area contributed by atoms with Gasteiger partial charge in [-0.05, 0) is 126 Å². The normalized spacial score (nSPS) is 10.1. The molecule has 0 aliphatic rings. The zero-order chi connectivity index (χ0) is 38.5. The van der Waals surface area contributed by atoms with E-state index >= 15 is 0 Å². The molecule has 270 valence electrons. The van der Waals surface area contributed by atoms with Crippen molar-refractivity contribution in [2.45, 2.75) is 13.8 Å². The number of fused-ring (bicyclic) bond motifs is 1. The second kappa shape index (κ2) is 18.5. The van der Waals surface area contributed by atoms with Crippen molar-refractivity contribution < 1.29 is 38.1 Å². The van der Waals surface area contributed by atoms with Crippen LogP contribution in [0.1, 0.15) is 43.7 Å². The smallest absolute Gasteiger partial charge is 0.339 e. The van der Waals surface area contributed by atoms with Gasteiger partial charge in [0.15, 0.2) is 0 Å². The van der Waals surface area contributed by atoms with Crippen molar-refractivity contribution in [1.82, 2.24) is 0 Å². The number of benzene rings is 5. The average molecular weight is 719 g/mol. The van der Waals surface area contributed by atoms with Crippen LogP contribution in [0.4, 0.5) is 0 Å². The zero-order valence-electron chi connectivity index (χ0n) is 30.3. The monoisotopic (exact) mass is 718 g/mol. The summed E-state index contributed by atoms with van der Waals surface area (Å²) in [6.45, 7) is 11.6. The molecule has 5 rings (SSSR count). The number of hydrogen-bond donors (Lipinski definition) is 0. The summed E-state index contributed by atoms with van der Waals surface area (Å²) < 4.78 is 26.2. The van der Waals surface area contributed by atoms with E-state index in [0.717, 1.165) is 61.9 Å². The maximum Gasteiger partial charge on any atom is 0.339 e. The molecular weight excluding hydrogens is 680 g/mol. The van der Waals surface area contributed by atoms with Crippen molar-refractivity contribution in [2.24, 2.45) is 0 Å². The second-order valence-electron chi connectivity index (χ2n) is 11.9. The van der Waals surface area contributed by atoms with Gasteiger partial charge < -0.3 is 23.7 Å². The highest BCUT2D eigenvalue weighted by molar-refractivity contribution is 5.99. The molecule has 8 nitrogen and oxygen atoms in total. The molecular formula is C46H38O8. The number of aryl methyl sites for hydroxylation is 2. The highest BCUT2D eigenvalue weighted by atomic mass is 16.6. The van der Waals surface area contributed by atoms with Crippen LogP contribution in [-0.2, 0) is 23.8 Å². The summed E-state index contributed by atoms with van der Waals surface area (Å²) in [4.78, 5) is 35.2. The lowest BCUT2D eigenvalue weighted by molar-refractivity contribution is -0.139. The molecule has 0 aromatic heterocycles. The molecule has 0 N–H and O–H groups in total. The SMILES string of the molecule is C=CC(=O)OCCOc1ccc(C#Cc2cc(C)c(-c3ccc4cc(C#Cc5ccc(OCCOC(=O)C=C)cc5)c(C(=O)OC)cc4c3)c(C)c2)cc1. The number of carbonyl (C=O) groups is 3. The van der Waals surface area contributed by atoms with Gasteiger partial charge in [0.1, 0.15) is 37.9 Å². The van der Waals surface area contributed by atoms with E-state index in [-0.39, 0.29) is 26.4 Å². The minimum atomic E-state index is -0.500. The molecule has 5 aromatic carbocycles. The van der Waals surface area contributed by atoms with Crippen LogP contribution >= 0.6 is 0 Å². The third-order valence-electron chi connectivity index (χ3n) is 8.13. The number of rotatable bonds is 12. The van der Waals surface area contributed by atoms with Gasteiger partial charge in [0.05, 0.1) is 12.7 Å². The van der Waals surface area contributed by atoms with Crippen LogP contribution < -0.4 is 9.47 Å². The van der Waals surface area contributed by atoms with Crippen LogP contribution in [0, 0.1) is 37.5 Å². The van der Waals surface area contributed by atoms with Crippen LogP contribution in [0.15, 0.2) is 116 Å². The van der Waals surface area contributed by atoms with Crippen LogP contribution in [0.25, 0.3) is 21.9 Å². The Morgan fingerprint density at radius 1 is 0.593 bits per heavy atom. The summed E-state index contributed by atoms with van der Waals surface area (Å²) in [6, 6.07) is 28.6. The van der Waals surface area contributed by atoms with Gasteiger partial charge in [0.25, 0.3) is 0 Å². The number of methoxy groups -OCH3 is 1. The molecule has 54 heavy (non-hydrogen) atoms. The van der Waals surface area contributed by atoms with E-state index in [9.17, 15) is 14.4 Å². The molecule has 0 aliphatic carbocycles. The Morgan fingerprint density at radius 3 is 1.63 bits per heavy atom. The lowest BCUT2D eigenvalue weighted by Gasteiger charge is -2.13. The van der Waals surface area contributed by atoms with E-state index in [0.29, 0.717) is 22.6 Å². The maximum absolute atomic E-state index is 12.9. The molecule has 0 saturated carbocycles. The van der Waals surface area contributed by atoms with Gasteiger partial charge >= 0.3 is 17.9 Å². The van der Waals surface area contributed by atoms with Crippen LogP contribution in [0.2, 0.25) is 0 Å². The van der Waals surface area contributed by atoms with Crippen molar-refractivity contribution in [3.05, 3.63) is 155 Å². The summed E-state index contributed by atoms with van der Waals surface area (Å²) in [6.07, 6.45) is 2.22. The first-order chi connectivity index (χ1) is 26.2. The Hall–Kier alpha value is -7.03. The molecule has 0 heterocycles. The third kappa shape index (κ3) is 10.3. The molecule has 0 fully saturated rings. The van der Waals surface area contributed by atoms with Crippen LogP contribution in [0.5, 0.6) is 11.5 Å². The fourth-order valence-electron chi connectivity index (χ4n) is 5.60. The Labute approximate surface area is 315 Å². The number of carbonyl (C=O) groups excluding carboxylic acids is 3. The lowest BCUT2D eigenvalue weighted by atomic mass is 9.91. The zero-order valence-corrected chi connectivity index (χ0v) is 30.3. The quantitative estimate of drug-likeness (QED) is 0.0422. The minimum Gasteiger partial charge on any atom is -0.490 e. The van der Waals surface area contributed by atoms with E-state index in [4.69, 9.17) is 23.7 Å². The van der Waals surface area contributed by atoms with E-state index in [1.54, 1.807) is 12.1 Å². The van der Waals surface area contributed by atoms with Crippen molar-refractivity contribution in [2.75, 3.05) is 33.5 Å². The van der Waals surface area contributed by atoms with Gasteiger partial charge in [0, 0.05) is 34.4 Å². The Morgan fingerprint density at radius 2 is 1.11 bits per heavy atom. The fraction of sp³-hybridized carbons (Fsp3) is 0.152. The van der Waals surface area contributed by atoms with E-state index in [1.165, 1.54) is 7.11 Å². The molecule has 0 radical (unpaired) electrons. The van der Waals surface area contributed by atoms with Gasteiger partial charge in [-0.2, -0.15) is 0 Å². The molecule has 0 aliphatic heterocycles. The third-order valence-corrected chi connectivity index (χ3v) is 8.13. The molecule has 8 heteroatoms.